The third kappa shape index (κ3) is 3.67. The molecule has 0 aliphatic rings. The van der Waals surface area contributed by atoms with Crippen molar-refractivity contribution in [1.29, 1.82) is 0 Å². The number of para-hydroxylation sites is 2. The fourth-order valence-corrected chi connectivity index (χ4v) is 4.28. The molecule has 0 aliphatic heterocycles. The highest BCUT2D eigenvalue weighted by Crippen LogP contribution is 2.26. The van der Waals surface area contributed by atoms with Crippen LogP contribution in [0.1, 0.15) is 31.4 Å². The summed E-state index contributed by atoms with van der Waals surface area (Å²) in [7, 11) is 0. The first-order valence-electron chi connectivity index (χ1n) is 9.46. The maximum absolute atomic E-state index is 13.4. The zero-order valence-corrected chi connectivity index (χ0v) is 17.6. The van der Waals surface area contributed by atoms with E-state index in [9.17, 15) is 9.59 Å². The Labute approximate surface area is 186 Å². The first-order valence-corrected chi connectivity index (χ1v) is 10.7. The van der Waals surface area contributed by atoms with E-state index in [2.05, 4.69) is 10.1 Å². The molecule has 0 bridgehead atoms. The molecule has 5 rings (SSSR count). The Morgan fingerprint density at radius 3 is 2.29 bits per heavy atom. The van der Waals surface area contributed by atoms with Gasteiger partial charge >= 0.3 is 0 Å². The van der Waals surface area contributed by atoms with E-state index in [-0.39, 0.29) is 22.8 Å². The van der Waals surface area contributed by atoms with Gasteiger partial charge < -0.3 is 0 Å². The fourth-order valence-electron chi connectivity index (χ4n) is 3.25. The largest absolute Gasteiger partial charge is 0.288 e. The highest BCUT2D eigenvalue weighted by molar-refractivity contribution is 7.20. The van der Waals surface area contributed by atoms with Crippen molar-refractivity contribution in [2.75, 3.05) is 0 Å². The number of aromatic nitrogens is 3. The van der Waals surface area contributed by atoms with Crippen molar-refractivity contribution in [2.24, 2.45) is 0 Å². The van der Waals surface area contributed by atoms with Crippen LogP contribution >= 0.6 is 22.9 Å². The molecule has 150 valence electrons. The molecule has 0 fully saturated rings. The number of carbonyl (C=O) groups excluding carboxylic acids is 2. The summed E-state index contributed by atoms with van der Waals surface area (Å²) >= 11 is 7.24. The lowest BCUT2D eigenvalue weighted by Crippen LogP contribution is -2.10. The number of nitrogens with zero attached hydrogens (tertiary/aromatic N) is 3. The van der Waals surface area contributed by atoms with Crippen molar-refractivity contribution in [1.82, 2.24) is 14.8 Å². The van der Waals surface area contributed by atoms with Gasteiger partial charge in [-0.1, -0.05) is 41.9 Å². The second-order valence-electron chi connectivity index (χ2n) is 6.82. The minimum atomic E-state index is -0.381. The van der Waals surface area contributed by atoms with E-state index in [1.165, 1.54) is 11.3 Å². The van der Waals surface area contributed by atoms with Crippen LogP contribution in [0.2, 0.25) is 5.02 Å². The summed E-state index contributed by atoms with van der Waals surface area (Å²) in [5.74, 6) is -0.684. The van der Waals surface area contributed by atoms with Gasteiger partial charge in [0.2, 0.25) is 5.78 Å². The van der Waals surface area contributed by atoms with Gasteiger partial charge in [0.05, 0.1) is 21.5 Å². The van der Waals surface area contributed by atoms with Crippen molar-refractivity contribution >= 4 is 44.7 Å². The number of rotatable bonds is 5. The summed E-state index contributed by atoms with van der Waals surface area (Å²) < 4.78 is 2.45. The van der Waals surface area contributed by atoms with Gasteiger partial charge in [-0.3, -0.25) is 9.59 Å². The first-order chi connectivity index (χ1) is 15.1. The smallest absolute Gasteiger partial charge is 0.242 e. The van der Waals surface area contributed by atoms with Crippen LogP contribution < -0.4 is 0 Å². The van der Waals surface area contributed by atoms with Gasteiger partial charge in [-0.25, -0.2) is 9.67 Å². The molecule has 0 saturated carbocycles. The molecule has 0 aliphatic carbocycles. The summed E-state index contributed by atoms with van der Waals surface area (Å²) in [5.41, 5.74) is 2.20. The molecule has 0 amide bonds. The van der Waals surface area contributed by atoms with E-state index in [4.69, 9.17) is 11.6 Å². The first kappa shape index (κ1) is 19.4. The molecule has 7 heteroatoms. The number of ketones is 2. The minimum absolute atomic E-state index is 0.0721. The van der Waals surface area contributed by atoms with Gasteiger partial charge in [-0.15, -0.1) is 11.3 Å². The van der Waals surface area contributed by atoms with Crippen LogP contribution in [0.15, 0.2) is 85.1 Å². The van der Waals surface area contributed by atoms with Crippen LogP contribution in [-0.2, 0) is 0 Å². The molecule has 0 N–H and O–H groups in total. The average molecular weight is 444 g/mol. The topological polar surface area (TPSA) is 64.8 Å². The maximum Gasteiger partial charge on any atom is 0.242 e. The SMILES string of the molecule is O=C(c1ccc(Cl)cc1)c1cn(-c2ccccc2)nc1C(=O)c1nc2ccccc2s1. The Bertz CT molecular complexity index is 1390. The van der Waals surface area contributed by atoms with E-state index in [1.807, 2.05) is 54.6 Å². The molecule has 31 heavy (non-hydrogen) atoms. The van der Waals surface area contributed by atoms with Crippen LogP contribution in [0.25, 0.3) is 15.9 Å². The Kier molecular flexibility index (Phi) is 4.94. The number of fused-ring (bicyclic) bond motifs is 1. The Morgan fingerprint density at radius 1 is 0.839 bits per heavy atom. The monoisotopic (exact) mass is 443 g/mol. The lowest BCUT2D eigenvalue weighted by atomic mass is 10.0. The quantitative estimate of drug-likeness (QED) is 0.332. The van der Waals surface area contributed by atoms with Crippen LogP contribution in [0.5, 0.6) is 0 Å². The Hall–Kier alpha value is -3.61. The summed E-state index contributed by atoms with van der Waals surface area (Å²) in [5, 5.41) is 5.30. The van der Waals surface area contributed by atoms with Gasteiger partial charge in [0.25, 0.3) is 0 Å². The van der Waals surface area contributed by atoms with E-state index < -0.39 is 0 Å². The summed E-state index contributed by atoms with van der Waals surface area (Å²) in [4.78, 5) is 31.1. The number of thiazole rings is 1. The highest BCUT2D eigenvalue weighted by atomic mass is 35.5. The number of hydrogen-bond donors (Lipinski definition) is 0. The molecule has 0 saturated heterocycles. The predicted octanol–water partition coefficient (Wildman–Crippen LogP) is 5.60. The standard InChI is InChI=1S/C24H14ClN3O2S/c25-16-12-10-15(11-13-16)22(29)18-14-28(17-6-2-1-3-7-17)27-21(18)23(30)24-26-19-8-4-5-9-20(19)31-24/h1-14H. The molecule has 0 atom stereocenters. The van der Waals surface area contributed by atoms with E-state index in [0.29, 0.717) is 15.6 Å². The molecule has 0 radical (unpaired) electrons. The maximum atomic E-state index is 13.4. The van der Waals surface area contributed by atoms with Gasteiger partial charge in [-0.2, -0.15) is 5.10 Å². The van der Waals surface area contributed by atoms with Gasteiger partial charge in [0.1, 0.15) is 5.69 Å². The number of benzene rings is 3. The number of halogens is 1. The van der Waals surface area contributed by atoms with Crippen molar-refractivity contribution in [3.8, 4) is 5.69 Å². The third-order valence-corrected chi connectivity index (χ3v) is 6.08. The van der Waals surface area contributed by atoms with Crippen LogP contribution in [-0.4, -0.2) is 26.3 Å². The molecule has 2 heterocycles. The molecule has 5 nitrogen and oxygen atoms in total. The second kappa shape index (κ2) is 7.91. The van der Waals surface area contributed by atoms with Gasteiger partial charge in [0, 0.05) is 16.8 Å². The fraction of sp³-hybridized carbons (Fsp3) is 0. The molecule has 0 unspecified atom stereocenters. The lowest BCUT2D eigenvalue weighted by Gasteiger charge is -2.01. The van der Waals surface area contributed by atoms with Crippen molar-refractivity contribution in [3.05, 3.63) is 112 Å². The third-order valence-electron chi connectivity index (χ3n) is 4.79. The summed E-state index contributed by atoms with van der Waals surface area (Å²) in [6, 6.07) is 23.4. The molecule has 2 aromatic heterocycles. The second-order valence-corrected chi connectivity index (χ2v) is 8.29. The lowest BCUT2D eigenvalue weighted by molar-refractivity contribution is 0.100. The van der Waals surface area contributed by atoms with Crippen LogP contribution in [0, 0.1) is 0 Å². The number of hydrogen-bond acceptors (Lipinski definition) is 5. The Balaban J connectivity index is 1.63. The average Bonchev–Trinajstić information content (AvgIpc) is 3.44. The van der Waals surface area contributed by atoms with E-state index in [1.54, 1.807) is 35.1 Å². The predicted molar refractivity (Wildman–Crippen MR) is 122 cm³/mol. The van der Waals surface area contributed by atoms with Crippen molar-refractivity contribution < 1.29 is 9.59 Å². The van der Waals surface area contributed by atoms with Gasteiger partial charge in [-0.05, 0) is 48.5 Å². The summed E-state index contributed by atoms with van der Waals surface area (Å²) in [6.07, 6.45) is 1.59. The zero-order chi connectivity index (χ0) is 21.4. The summed E-state index contributed by atoms with van der Waals surface area (Å²) in [6.45, 7) is 0. The zero-order valence-electron chi connectivity index (χ0n) is 16.0. The molecule has 3 aromatic carbocycles. The minimum Gasteiger partial charge on any atom is -0.288 e. The molecule has 0 spiro atoms. The normalized spacial score (nSPS) is 11.0. The van der Waals surface area contributed by atoms with Crippen LogP contribution in [0.4, 0.5) is 0 Å². The van der Waals surface area contributed by atoms with Crippen LogP contribution in [0.3, 0.4) is 0 Å². The van der Waals surface area contributed by atoms with Gasteiger partial charge in [0.15, 0.2) is 10.8 Å². The molecular weight excluding hydrogens is 430 g/mol. The number of carbonyl (C=O) groups is 2. The molecular formula is C24H14ClN3O2S. The Morgan fingerprint density at radius 2 is 1.55 bits per heavy atom. The van der Waals surface area contributed by atoms with E-state index in [0.717, 1.165) is 15.9 Å². The van der Waals surface area contributed by atoms with E-state index >= 15 is 0 Å². The van der Waals surface area contributed by atoms with Crippen molar-refractivity contribution in [2.45, 2.75) is 0 Å². The highest BCUT2D eigenvalue weighted by Gasteiger charge is 2.26. The van der Waals surface area contributed by atoms with Crippen molar-refractivity contribution in [3.63, 3.8) is 0 Å². The molecule has 5 aromatic rings.